The first-order valence-corrected chi connectivity index (χ1v) is 8.13. The first-order valence-electron chi connectivity index (χ1n) is 8.13. The molecule has 0 saturated heterocycles. The SMILES string of the molecule is CCC1CC(C2CCC(c3cccc(F)c3F)CC2)C1. The number of hydrogen-bond acceptors (Lipinski definition) is 0. The summed E-state index contributed by atoms with van der Waals surface area (Å²) in [4.78, 5) is 0. The molecule has 2 fully saturated rings. The van der Waals surface area contributed by atoms with Crippen LogP contribution < -0.4 is 0 Å². The topological polar surface area (TPSA) is 0 Å². The third-order valence-electron chi connectivity index (χ3n) is 5.71. The zero-order valence-electron chi connectivity index (χ0n) is 12.2. The number of hydrogen-bond donors (Lipinski definition) is 0. The van der Waals surface area contributed by atoms with Gasteiger partial charge in [0.2, 0.25) is 0 Å². The maximum absolute atomic E-state index is 13.8. The van der Waals surface area contributed by atoms with Crippen molar-refractivity contribution in [3.05, 3.63) is 35.4 Å². The van der Waals surface area contributed by atoms with Crippen LogP contribution in [0.25, 0.3) is 0 Å². The summed E-state index contributed by atoms with van der Waals surface area (Å²) in [6.07, 6.45) is 8.57. The molecule has 0 N–H and O–H groups in total. The van der Waals surface area contributed by atoms with Crippen molar-refractivity contribution in [1.82, 2.24) is 0 Å². The van der Waals surface area contributed by atoms with Gasteiger partial charge in [-0.3, -0.25) is 0 Å². The van der Waals surface area contributed by atoms with E-state index in [-0.39, 0.29) is 5.92 Å². The lowest BCUT2D eigenvalue weighted by Gasteiger charge is -2.43. The van der Waals surface area contributed by atoms with Gasteiger partial charge in [-0.25, -0.2) is 8.78 Å². The molecule has 110 valence electrons. The van der Waals surface area contributed by atoms with Gasteiger partial charge in [-0.2, -0.15) is 0 Å². The first kappa shape index (κ1) is 14.0. The quantitative estimate of drug-likeness (QED) is 0.667. The molecule has 0 nitrogen and oxygen atoms in total. The van der Waals surface area contributed by atoms with Gasteiger partial charge in [0.15, 0.2) is 11.6 Å². The Hall–Kier alpha value is -0.920. The van der Waals surface area contributed by atoms with Crippen molar-refractivity contribution in [3.63, 3.8) is 0 Å². The van der Waals surface area contributed by atoms with E-state index >= 15 is 0 Å². The Morgan fingerprint density at radius 3 is 2.35 bits per heavy atom. The predicted octanol–water partition coefficient (Wildman–Crippen LogP) is 5.67. The Labute approximate surface area is 120 Å². The summed E-state index contributed by atoms with van der Waals surface area (Å²) < 4.78 is 27.2. The molecule has 2 heteroatoms. The monoisotopic (exact) mass is 278 g/mol. The van der Waals surface area contributed by atoms with Crippen LogP contribution in [0.3, 0.4) is 0 Å². The molecule has 0 amide bonds. The lowest BCUT2D eigenvalue weighted by Crippen LogP contribution is -2.32. The second-order valence-corrected chi connectivity index (χ2v) is 6.76. The fourth-order valence-electron chi connectivity index (χ4n) is 4.24. The van der Waals surface area contributed by atoms with Crippen molar-refractivity contribution in [2.45, 2.75) is 57.8 Å². The summed E-state index contributed by atoms with van der Waals surface area (Å²) in [5.41, 5.74) is 0.600. The number of rotatable bonds is 3. The average Bonchev–Trinajstić information content (AvgIpc) is 2.42. The standard InChI is InChI=1S/C18H24F2/c1-2-12-10-15(11-12)13-6-8-14(9-7-13)16-4-3-5-17(19)18(16)20/h3-5,12-15H,2,6-11H2,1H3. The highest BCUT2D eigenvalue weighted by Gasteiger charge is 2.36. The van der Waals surface area contributed by atoms with E-state index in [0.717, 1.165) is 30.6 Å². The number of benzene rings is 1. The minimum Gasteiger partial charge on any atom is -0.204 e. The molecule has 0 unspecified atom stereocenters. The molecule has 0 bridgehead atoms. The van der Waals surface area contributed by atoms with Gasteiger partial charge in [0.05, 0.1) is 0 Å². The lowest BCUT2D eigenvalue weighted by molar-refractivity contribution is 0.0907. The molecule has 20 heavy (non-hydrogen) atoms. The van der Waals surface area contributed by atoms with Crippen LogP contribution in [0.5, 0.6) is 0 Å². The fourth-order valence-corrected chi connectivity index (χ4v) is 4.24. The van der Waals surface area contributed by atoms with E-state index in [0.29, 0.717) is 5.56 Å². The van der Waals surface area contributed by atoms with Crippen molar-refractivity contribution in [3.8, 4) is 0 Å². The van der Waals surface area contributed by atoms with E-state index in [4.69, 9.17) is 0 Å². The van der Waals surface area contributed by atoms with Crippen molar-refractivity contribution >= 4 is 0 Å². The van der Waals surface area contributed by atoms with Gasteiger partial charge in [-0.15, -0.1) is 0 Å². The largest absolute Gasteiger partial charge is 0.204 e. The maximum Gasteiger partial charge on any atom is 0.162 e. The highest BCUT2D eigenvalue weighted by Crippen LogP contribution is 2.48. The lowest BCUT2D eigenvalue weighted by atomic mass is 9.62. The summed E-state index contributed by atoms with van der Waals surface area (Å²) in [6.45, 7) is 2.28. The normalized spacial score (nSPS) is 33.8. The minimum atomic E-state index is -0.700. The molecule has 0 radical (unpaired) electrons. The molecular weight excluding hydrogens is 254 g/mol. The zero-order chi connectivity index (χ0) is 14.1. The van der Waals surface area contributed by atoms with Gasteiger partial charge in [-0.05, 0) is 73.8 Å². The Kier molecular flexibility index (Phi) is 4.09. The third-order valence-corrected chi connectivity index (χ3v) is 5.71. The molecule has 0 aliphatic heterocycles. The highest BCUT2D eigenvalue weighted by atomic mass is 19.2. The molecule has 0 atom stereocenters. The maximum atomic E-state index is 13.8. The molecule has 0 heterocycles. The van der Waals surface area contributed by atoms with Gasteiger partial charge < -0.3 is 0 Å². The van der Waals surface area contributed by atoms with Crippen molar-refractivity contribution in [1.29, 1.82) is 0 Å². The van der Waals surface area contributed by atoms with Crippen LogP contribution in [0, 0.1) is 29.4 Å². The molecule has 0 spiro atoms. The van der Waals surface area contributed by atoms with Crippen molar-refractivity contribution < 1.29 is 8.78 Å². The smallest absolute Gasteiger partial charge is 0.162 e. The Balaban J connectivity index is 1.57. The summed E-state index contributed by atoms with van der Waals surface area (Å²) in [5, 5.41) is 0. The Bertz CT molecular complexity index is 454. The summed E-state index contributed by atoms with van der Waals surface area (Å²) >= 11 is 0. The van der Waals surface area contributed by atoms with Crippen LogP contribution in [-0.2, 0) is 0 Å². The van der Waals surface area contributed by atoms with Gasteiger partial charge in [0.1, 0.15) is 0 Å². The highest BCUT2D eigenvalue weighted by molar-refractivity contribution is 5.23. The second kappa shape index (κ2) is 5.83. The average molecular weight is 278 g/mol. The van der Waals surface area contributed by atoms with E-state index in [9.17, 15) is 8.78 Å². The summed E-state index contributed by atoms with van der Waals surface area (Å²) in [6, 6.07) is 4.61. The van der Waals surface area contributed by atoms with Gasteiger partial charge >= 0.3 is 0 Å². The molecule has 0 aromatic heterocycles. The van der Waals surface area contributed by atoms with Gasteiger partial charge in [0, 0.05) is 0 Å². The molecule has 1 aromatic rings. The van der Waals surface area contributed by atoms with Crippen LogP contribution in [0.15, 0.2) is 18.2 Å². The molecule has 2 saturated carbocycles. The van der Waals surface area contributed by atoms with Crippen LogP contribution in [0.2, 0.25) is 0 Å². The van der Waals surface area contributed by atoms with E-state index in [1.807, 2.05) is 0 Å². The molecular formula is C18H24F2. The number of halogens is 2. The van der Waals surface area contributed by atoms with E-state index in [1.54, 1.807) is 12.1 Å². The van der Waals surface area contributed by atoms with Gasteiger partial charge in [-0.1, -0.05) is 25.5 Å². The molecule has 1 aromatic carbocycles. The van der Waals surface area contributed by atoms with Crippen molar-refractivity contribution in [2.24, 2.45) is 17.8 Å². The first-order chi connectivity index (χ1) is 9.69. The van der Waals surface area contributed by atoms with Crippen LogP contribution >= 0.6 is 0 Å². The van der Waals surface area contributed by atoms with E-state index in [2.05, 4.69) is 6.92 Å². The van der Waals surface area contributed by atoms with E-state index < -0.39 is 11.6 Å². The third kappa shape index (κ3) is 2.62. The van der Waals surface area contributed by atoms with Crippen LogP contribution in [0.1, 0.15) is 63.4 Å². The van der Waals surface area contributed by atoms with Crippen LogP contribution in [-0.4, -0.2) is 0 Å². The molecule has 2 aliphatic carbocycles. The minimum absolute atomic E-state index is 0.226. The Morgan fingerprint density at radius 1 is 1.00 bits per heavy atom. The van der Waals surface area contributed by atoms with E-state index in [1.165, 1.54) is 38.2 Å². The zero-order valence-corrected chi connectivity index (χ0v) is 12.2. The van der Waals surface area contributed by atoms with Crippen molar-refractivity contribution in [2.75, 3.05) is 0 Å². The van der Waals surface area contributed by atoms with Crippen LogP contribution in [0.4, 0.5) is 8.78 Å². The summed E-state index contributed by atoms with van der Waals surface area (Å²) in [7, 11) is 0. The molecule has 2 aliphatic rings. The second-order valence-electron chi connectivity index (χ2n) is 6.76. The Morgan fingerprint density at radius 2 is 1.70 bits per heavy atom. The van der Waals surface area contributed by atoms with Gasteiger partial charge in [0.25, 0.3) is 0 Å². The molecule has 3 rings (SSSR count). The predicted molar refractivity (Wildman–Crippen MR) is 77.6 cm³/mol. The summed E-state index contributed by atoms with van der Waals surface area (Å²) in [5.74, 6) is 1.62. The fraction of sp³-hybridized carbons (Fsp3) is 0.667.